The predicted molar refractivity (Wildman–Crippen MR) is 228 cm³/mol. The van der Waals surface area contributed by atoms with E-state index < -0.39 is 0 Å². The van der Waals surface area contributed by atoms with Crippen LogP contribution >= 0.6 is 0 Å². The number of hydrogen-bond donors (Lipinski definition) is 2. The number of imidazole rings is 1. The van der Waals surface area contributed by atoms with Crippen molar-refractivity contribution in [3.8, 4) is 6.01 Å². The molecular weight excluding hydrogens is 707 g/mol. The summed E-state index contributed by atoms with van der Waals surface area (Å²) in [4.78, 5) is 55.3. The number of benzene rings is 1. The van der Waals surface area contributed by atoms with Gasteiger partial charge in [-0.1, -0.05) is 123 Å². The standard InChI is InChI=1S/C44H73N7O5/c1-6-10-12-13-14-15-16-17-18-21-28-49(8-3)30-24-31-50(9-4)29-22-19-20-27-38(52)45-41-40-42(48-43(47-41)56-32-11-7-2)51(44(54)46-40)35-37-26-23-25-36(33-37)34-39(53)55-5/h23,25-26,33H,6-22,24,27-32,34-35H2,1-5H3,(H,46,54)(H,45,47,48,52). The molecule has 0 bridgehead atoms. The highest BCUT2D eigenvalue weighted by atomic mass is 16.5. The number of amides is 1. The number of carbonyl (C=O) groups is 2. The fraction of sp³-hybridized carbons (Fsp3) is 0.705. The minimum absolute atomic E-state index is 0.106. The lowest BCUT2D eigenvalue weighted by molar-refractivity contribution is -0.139. The molecule has 1 amide bonds. The topological polar surface area (TPSA) is 135 Å². The number of nitrogens with zero attached hydrogens (tertiary/aromatic N) is 5. The molecule has 0 aliphatic carbocycles. The first-order chi connectivity index (χ1) is 27.3. The Labute approximate surface area is 336 Å². The van der Waals surface area contributed by atoms with E-state index in [9.17, 15) is 14.4 Å². The number of unbranched alkanes of at least 4 members (excludes halogenated alkanes) is 12. The molecule has 0 radical (unpaired) electrons. The Hall–Kier alpha value is -3.77. The summed E-state index contributed by atoms with van der Waals surface area (Å²) in [5, 5.41) is 2.93. The van der Waals surface area contributed by atoms with Gasteiger partial charge in [0.15, 0.2) is 11.5 Å². The van der Waals surface area contributed by atoms with E-state index in [4.69, 9.17) is 9.47 Å². The number of H-pyrrole nitrogens is 1. The highest BCUT2D eigenvalue weighted by molar-refractivity contribution is 5.97. The summed E-state index contributed by atoms with van der Waals surface area (Å²) in [6.45, 7) is 16.2. The Kier molecular flexibility index (Phi) is 23.1. The molecule has 12 heteroatoms. The van der Waals surface area contributed by atoms with Crippen molar-refractivity contribution in [1.29, 1.82) is 0 Å². The van der Waals surface area contributed by atoms with Crippen LogP contribution in [0, 0.1) is 0 Å². The Morgan fingerprint density at radius 3 is 1.96 bits per heavy atom. The number of aromatic amines is 1. The number of fused-ring (bicyclic) bond motifs is 1. The van der Waals surface area contributed by atoms with Gasteiger partial charge in [-0.3, -0.25) is 14.2 Å². The van der Waals surface area contributed by atoms with Crippen LogP contribution in [0.4, 0.5) is 5.82 Å². The van der Waals surface area contributed by atoms with Gasteiger partial charge >= 0.3 is 17.7 Å². The monoisotopic (exact) mass is 780 g/mol. The summed E-state index contributed by atoms with van der Waals surface area (Å²) in [5.74, 6) is -0.272. The van der Waals surface area contributed by atoms with Gasteiger partial charge in [0.05, 0.1) is 26.7 Å². The third kappa shape index (κ3) is 17.6. The second-order valence-electron chi connectivity index (χ2n) is 15.1. The highest BCUT2D eigenvalue weighted by Crippen LogP contribution is 2.22. The summed E-state index contributed by atoms with van der Waals surface area (Å²) >= 11 is 0. The lowest BCUT2D eigenvalue weighted by Gasteiger charge is -2.24. The summed E-state index contributed by atoms with van der Waals surface area (Å²) in [7, 11) is 1.36. The molecule has 56 heavy (non-hydrogen) atoms. The maximum atomic E-state index is 13.2. The number of ether oxygens (including phenoxy) is 2. The number of rotatable bonds is 32. The first-order valence-electron chi connectivity index (χ1n) is 21.8. The zero-order valence-electron chi connectivity index (χ0n) is 35.5. The van der Waals surface area contributed by atoms with Crippen LogP contribution in [0.25, 0.3) is 11.2 Å². The van der Waals surface area contributed by atoms with E-state index in [2.05, 4.69) is 57.8 Å². The number of methoxy groups -OCH3 is 1. The number of carbonyl (C=O) groups excluding carboxylic acids is 2. The second kappa shape index (κ2) is 27.8. The summed E-state index contributed by atoms with van der Waals surface area (Å²) in [5.41, 5.74) is 1.90. The molecule has 314 valence electrons. The fourth-order valence-corrected chi connectivity index (χ4v) is 7.07. The highest BCUT2D eigenvalue weighted by Gasteiger charge is 2.19. The molecule has 0 aliphatic heterocycles. The van der Waals surface area contributed by atoms with Crippen LogP contribution in [0.2, 0.25) is 0 Å². The maximum Gasteiger partial charge on any atom is 0.328 e. The van der Waals surface area contributed by atoms with Crippen molar-refractivity contribution in [2.45, 2.75) is 150 Å². The number of nitrogens with one attached hydrogen (secondary N) is 2. The lowest BCUT2D eigenvalue weighted by atomic mass is 10.1. The molecule has 1 aromatic carbocycles. The third-order valence-corrected chi connectivity index (χ3v) is 10.5. The molecule has 2 heterocycles. The zero-order chi connectivity index (χ0) is 40.4. The smallest absolute Gasteiger partial charge is 0.328 e. The largest absolute Gasteiger partial charge is 0.469 e. The third-order valence-electron chi connectivity index (χ3n) is 10.5. The van der Waals surface area contributed by atoms with Gasteiger partial charge in [0.2, 0.25) is 5.91 Å². The predicted octanol–water partition coefficient (Wildman–Crippen LogP) is 8.52. The quantitative estimate of drug-likeness (QED) is 0.0473. The molecule has 0 aliphatic rings. The molecule has 3 aromatic rings. The molecular formula is C44H73N7O5. The van der Waals surface area contributed by atoms with Gasteiger partial charge in [-0.15, -0.1) is 0 Å². The Morgan fingerprint density at radius 2 is 1.34 bits per heavy atom. The average molecular weight is 780 g/mol. The Morgan fingerprint density at radius 1 is 0.750 bits per heavy atom. The van der Waals surface area contributed by atoms with Crippen molar-refractivity contribution in [2.75, 3.05) is 58.3 Å². The molecule has 2 aromatic heterocycles. The molecule has 0 atom stereocenters. The average Bonchev–Trinajstić information content (AvgIpc) is 3.51. The van der Waals surface area contributed by atoms with E-state index in [1.165, 1.54) is 88.9 Å². The van der Waals surface area contributed by atoms with Crippen LogP contribution < -0.4 is 15.7 Å². The number of aromatic nitrogens is 4. The van der Waals surface area contributed by atoms with Crippen molar-refractivity contribution in [3.05, 3.63) is 45.9 Å². The molecule has 0 spiro atoms. The molecule has 0 saturated carbocycles. The van der Waals surface area contributed by atoms with Gasteiger partial charge in [0.1, 0.15) is 5.52 Å². The number of anilines is 1. The van der Waals surface area contributed by atoms with Crippen molar-refractivity contribution in [2.24, 2.45) is 0 Å². The van der Waals surface area contributed by atoms with Gasteiger partial charge < -0.3 is 29.6 Å². The van der Waals surface area contributed by atoms with E-state index in [1.807, 2.05) is 24.3 Å². The van der Waals surface area contributed by atoms with Crippen molar-refractivity contribution in [1.82, 2.24) is 29.3 Å². The SMILES string of the molecule is CCCCCCCCCCCCN(CC)CCCN(CC)CCCCCC(=O)Nc1nc(OCCCC)nc2c1[nH]c(=O)n2Cc1cccc(CC(=O)OC)c1. The van der Waals surface area contributed by atoms with E-state index >= 15 is 0 Å². The van der Waals surface area contributed by atoms with Gasteiger partial charge in [-0.2, -0.15) is 9.97 Å². The van der Waals surface area contributed by atoms with E-state index in [1.54, 1.807) is 0 Å². The van der Waals surface area contributed by atoms with Gasteiger partial charge in [-0.25, -0.2) is 4.79 Å². The maximum absolute atomic E-state index is 13.2. The zero-order valence-corrected chi connectivity index (χ0v) is 35.5. The normalized spacial score (nSPS) is 11.6. The number of esters is 1. The Balaban J connectivity index is 1.45. The molecule has 0 saturated heterocycles. The molecule has 0 fully saturated rings. The first kappa shape index (κ1) is 46.6. The number of hydrogen-bond acceptors (Lipinski definition) is 9. The van der Waals surface area contributed by atoms with Crippen molar-refractivity contribution >= 4 is 28.9 Å². The van der Waals surface area contributed by atoms with Crippen molar-refractivity contribution in [3.63, 3.8) is 0 Å². The first-order valence-corrected chi connectivity index (χ1v) is 21.8. The van der Waals surface area contributed by atoms with E-state index in [0.29, 0.717) is 24.2 Å². The fourth-order valence-electron chi connectivity index (χ4n) is 7.07. The molecule has 3 rings (SSSR count). The summed E-state index contributed by atoms with van der Waals surface area (Å²) in [6, 6.07) is 7.54. The van der Waals surface area contributed by atoms with Crippen molar-refractivity contribution < 1.29 is 19.1 Å². The van der Waals surface area contributed by atoms with E-state index in [0.717, 1.165) is 76.0 Å². The van der Waals surface area contributed by atoms with Gasteiger partial charge in [0.25, 0.3) is 0 Å². The van der Waals surface area contributed by atoms with Gasteiger partial charge in [0, 0.05) is 6.42 Å². The van der Waals surface area contributed by atoms with Crippen LogP contribution in [0.5, 0.6) is 6.01 Å². The van der Waals surface area contributed by atoms with Crippen LogP contribution in [-0.4, -0.2) is 94.2 Å². The molecule has 2 N–H and O–H groups in total. The lowest BCUT2D eigenvalue weighted by Crippen LogP contribution is -2.31. The minimum atomic E-state index is -0.383. The molecule has 12 nitrogen and oxygen atoms in total. The van der Waals surface area contributed by atoms with Crippen LogP contribution in [-0.2, 0) is 27.3 Å². The Bertz CT molecular complexity index is 1610. The summed E-state index contributed by atoms with van der Waals surface area (Å²) < 4.78 is 12.1. The van der Waals surface area contributed by atoms with E-state index in [-0.39, 0.29) is 42.4 Å². The second-order valence-corrected chi connectivity index (χ2v) is 15.1. The van der Waals surface area contributed by atoms with Crippen LogP contribution in [0.3, 0.4) is 0 Å². The van der Waals surface area contributed by atoms with Gasteiger partial charge in [-0.05, 0) is 82.5 Å². The minimum Gasteiger partial charge on any atom is -0.469 e. The summed E-state index contributed by atoms with van der Waals surface area (Å²) in [6.07, 6.45) is 20.0. The van der Waals surface area contributed by atoms with Crippen LogP contribution in [0.1, 0.15) is 148 Å². The molecule has 0 unspecified atom stereocenters. The van der Waals surface area contributed by atoms with Crippen LogP contribution in [0.15, 0.2) is 29.1 Å².